The molecule has 0 amide bonds. The second-order valence-electron chi connectivity index (χ2n) is 5.00. The van der Waals surface area contributed by atoms with E-state index in [0.717, 1.165) is 27.7 Å². The molecule has 0 saturated heterocycles. The summed E-state index contributed by atoms with van der Waals surface area (Å²) in [4.78, 5) is 0. The van der Waals surface area contributed by atoms with E-state index in [9.17, 15) is 0 Å². The largest absolute Gasteiger partial charge is 0.460 e. The van der Waals surface area contributed by atoms with Crippen molar-refractivity contribution in [2.75, 3.05) is 0 Å². The molecule has 2 nitrogen and oxygen atoms in total. The highest BCUT2D eigenvalue weighted by atomic mass is 79.9. The predicted octanol–water partition coefficient (Wildman–Crippen LogP) is 4.08. The predicted molar refractivity (Wildman–Crippen MR) is 70.5 cm³/mol. The molecule has 1 aromatic heterocycles. The summed E-state index contributed by atoms with van der Waals surface area (Å²) < 4.78 is 6.81. The lowest BCUT2D eigenvalue weighted by molar-refractivity contribution is 0.395. The molecule has 0 unspecified atom stereocenters. The van der Waals surface area contributed by atoms with Crippen LogP contribution in [-0.4, -0.2) is 5.54 Å². The lowest BCUT2D eigenvalue weighted by atomic mass is 10.1. The fraction of sp³-hybridized carbons (Fsp3) is 0.385. The van der Waals surface area contributed by atoms with E-state index < -0.39 is 0 Å². The standard InChI is InChI=1S/C13H16BrNO/c1-13(2,3)15-8-11-7-9-6-10(14)4-5-12(9)16-11/h4-7,15H,8H2,1-3H3. The first-order valence-electron chi connectivity index (χ1n) is 5.37. The summed E-state index contributed by atoms with van der Waals surface area (Å²) in [7, 11) is 0. The Balaban J connectivity index is 2.20. The third-order valence-corrected chi connectivity index (χ3v) is 2.82. The first-order valence-corrected chi connectivity index (χ1v) is 6.16. The van der Waals surface area contributed by atoms with E-state index in [0.29, 0.717) is 0 Å². The van der Waals surface area contributed by atoms with Crippen molar-refractivity contribution >= 4 is 26.9 Å². The summed E-state index contributed by atoms with van der Waals surface area (Å²) in [6.07, 6.45) is 0. The van der Waals surface area contributed by atoms with Gasteiger partial charge in [-0.1, -0.05) is 15.9 Å². The Morgan fingerprint density at radius 2 is 2.00 bits per heavy atom. The lowest BCUT2D eigenvalue weighted by Gasteiger charge is -2.19. The van der Waals surface area contributed by atoms with Crippen LogP contribution in [0.3, 0.4) is 0 Å². The minimum absolute atomic E-state index is 0.111. The van der Waals surface area contributed by atoms with Crippen LogP contribution in [0.25, 0.3) is 11.0 Å². The minimum Gasteiger partial charge on any atom is -0.460 e. The van der Waals surface area contributed by atoms with Gasteiger partial charge in [-0.2, -0.15) is 0 Å². The van der Waals surface area contributed by atoms with Crippen LogP contribution in [0.1, 0.15) is 26.5 Å². The zero-order chi connectivity index (χ0) is 11.8. The number of halogens is 1. The molecule has 0 aliphatic carbocycles. The maximum atomic E-state index is 5.74. The van der Waals surface area contributed by atoms with E-state index in [1.807, 2.05) is 12.1 Å². The van der Waals surface area contributed by atoms with Crippen molar-refractivity contribution in [3.05, 3.63) is 34.5 Å². The molecule has 3 heteroatoms. The molecule has 1 N–H and O–H groups in total. The van der Waals surface area contributed by atoms with Crippen LogP contribution in [0, 0.1) is 0 Å². The molecular weight excluding hydrogens is 266 g/mol. The molecule has 0 atom stereocenters. The minimum atomic E-state index is 0.111. The van der Waals surface area contributed by atoms with Gasteiger partial charge in [-0.25, -0.2) is 0 Å². The van der Waals surface area contributed by atoms with Gasteiger partial charge in [0.25, 0.3) is 0 Å². The molecule has 2 rings (SSSR count). The Bertz CT molecular complexity index is 496. The second kappa shape index (κ2) is 4.22. The fourth-order valence-corrected chi connectivity index (χ4v) is 1.89. The Labute approximate surface area is 104 Å². The smallest absolute Gasteiger partial charge is 0.134 e. The number of furan rings is 1. The molecule has 0 spiro atoms. The Morgan fingerprint density at radius 3 is 2.69 bits per heavy atom. The van der Waals surface area contributed by atoms with Crippen LogP contribution in [0.2, 0.25) is 0 Å². The highest BCUT2D eigenvalue weighted by Gasteiger charge is 2.10. The summed E-state index contributed by atoms with van der Waals surface area (Å²) in [5, 5.41) is 4.55. The van der Waals surface area contributed by atoms with Crippen LogP contribution in [0.5, 0.6) is 0 Å². The maximum Gasteiger partial charge on any atom is 0.134 e. The Hall–Kier alpha value is -0.800. The molecule has 1 aromatic carbocycles. The van der Waals surface area contributed by atoms with Crippen LogP contribution in [-0.2, 0) is 6.54 Å². The van der Waals surface area contributed by atoms with Crippen LogP contribution in [0.4, 0.5) is 0 Å². The summed E-state index contributed by atoms with van der Waals surface area (Å²) in [6, 6.07) is 8.13. The molecule has 0 radical (unpaired) electrons. The van der Waals surface area contributed by atoms with Crippen molar-refractivity contribution in [1.82, 2.24) is 5.32 Å². The number of hydrogen-bond acceptors (Lipinski definition) is 2. The van der Waals surface area contributed by atoms with Gasteiger partial charge in [0.2, 0.25) is 0 Å². The molecular formula is C13H16BrNO. The fourth-order valence-electron chi connectivity index (χ4n) is 1.51. The number of rotatable bonds is 2. The summed E-state index contributed by atoms with van der Waals surface area (Å²) in [6.45, 7) is 7.19. The summed E-state index contributed by atoms with van der Waals surface area (Å²) in [5.41, 5.74) is 1.05. The summed E-state index contributed by atoms with van der Waals surface area (Å²) >= 11 is 3.46. The Kier molecular flexibility index (Phi) is 3.08. The summed E-state index contributed by atoms with van der Waals surface area (Å²) in [5.74, 6) is 0.975. The molecule has 0 saturated carbocycles. The second-order valence-corrected chi connectivity index (χ2v) is 5.91. The van der Waals surface area contributed by atoms with Gasteiger partial charge in [-0.05, 0) is 45.0 Å². The van der Waals surface area contributed by atoms with Crippen molar-refractivity contribution in [1.29, 1.82) is 0 Å². The van der Waals surface area contributed by atoms with Crippen molar-refractivity contribution in [3.63, 3.8) is 0 Å². The van der Waals surface area contributed by atoms with E-state index in [-0.39, 0.29) is 5.54 Å². The van der Waals surface area contributed by atoms with E-state index >= 15 is 0 Å². The van der Waals surface area contributed by atoms with Gasteiger partial charge < -0.3 is 9.73 Å². The molecule has 0 bridgehead atoms. The number of hydrogen-bond donors (Lipinski definition) is 1. The van der Waals surface area contributed by atoms with Gasteiger partial charge in [-0.15, -0.1) is 0 Å². The molecule has 16 heavy (non-hydrogen) atoms. The SMILES string of the molecule is CC(C)(C)NCc1cc2cc(Br)ccc2o1. The normalized spacial score (nSPS) is 12.2. The van der Waals surface area contributed by atoms with Gasteiger partial charge >= 0.3 is 0 Å². The molecule has 2 aromatic rings. The zero-order valence-electron chi connectivity index (χ0n) is 9.80. The average molecular weight is 282 g/mol. The van der Waals surface area contributed by atoms with E-state index in [4.69, 9.17) is 4.42 Å². The highest BCUT2D eigenvalue weighted by Crippen LogP contribution is 2.23. The molecule has 0 fully saturated rings. The number of fused-ring (bicyclic) bond motifs is 1. The molecule has 0 aliphatic heterocycles. The van der Waals surface area contributed by atoms with Crippen molar-refractivity contribution in [2.24, 2.45) is 0 Å². The van der Waals surface area contributed by atoms with Gasteiger partial charge in [-0.3, -0.25) is 0 Å². The number of nitrogens with one attached hydrogen (secondary N) is 1. The third kappa shape index (κ3) is 2.86. The van der Waals surface area contributed by atoms with Gasteiger partial charge in [0, 0.05) is 15.4 Å². The van der Waals surface area contributed by atoms with Crippen molar-refractivity contribution in [3.8, 4) is 0 Å². The van der Waals surface area contributed by atoms with E-state index in [2.05, 4.69) is 54.2 Å². The van der Waals surface area contributed by atoms with Crippen molar-refractivity contribution in [2.45, 2.75) is 32.9 Å². The third-order valence-electron chi connectivity index (χ3n) is 2.32. The van der Waals surface area contributed by atoms with E-state index in [1.165, 1.54) is 0 Å². The van der Waals surface area contributed by atoms with Gasteiger partial charge in [0.1, 0.15) is 11.3 Å². The van der Waals surface area contributed by atoms with E-state index in [1.54, 1.807) is 0 Å². The molecule has 86 valence electrons. The quantitative estimate of drug-likeness (QED) is 0.897. The first kappa shape index (κ1) is 11.7. The zero-order valence-corrected chi connectivity index (χ0v) is 11.4. The lowest BCUT2D eigenvalue weighted by Crippen LogP contribution is -2.34. The molecule has 1 heterocycles. The van der Waals surface area contributed by atoms with Crippen LogP contribution >= 0.6 is 15.9 Å². The average Bonchev–Trinajstić information content (AvgIpc) is 2.55. The maximum absolute atomic E-state index is 5.74. The monoisotopic (exact) mass is 281 g/mol. The molecule has 0 aliphatic rings. The Morgan fingerprint density at radius 1 is 1.25 bits per heavy atom. The number of benzene rings is 1. The van der Waals surface area contributed by atoms with Gasteiger partial charge in [0.05, 0.1) is 6.54 Å². The van der Waals surface area contributed by atoms with Crippen molar-refractivity contribution < 1.29 is 4.42 Å². The van der Waals surface area contributed by atoms with Crippen LogP contribution in [0.15, 0.2) is 33.2 Å². The highest BCUT2D eigenvalue weighted by molar-refractivity contribution is 9.10. The topological polar surface area (TPSA) is 25.2 Å². The van der Waals surface area contributed by atoms with Gasteiger partial charge in [0.15, 0.2) is 0 Å². The van der Waals surface area contributed by atoms with Crippen LogP contribution < -0.4 is 5.32 Å². The first-order chi connectivity index (χ1) is 7.44.